The second kappa shape index (κ2) is 7.25. The number of halogens is 1. The van der Waals surface area contributed by atoms with E-state index in [2.05, 4.69) is 20.5 Å². The van der Waals surface area contributed by atoms with Gasteiger partial charge in [-0.1, -0.05) is 0 Å². The molecule has 0 fully saturated rings. The number of rotatable bonds is 6. The van der Waals surface area contributed by atoms with Crippen LogP contribution in [0.15, 0.2) is 30.5 Å². The molecular weight excluding hydrogens is 325 g/mol. The van der Waals surface area contributed by atoms with Gasteiger partial charge >= 0.3 is 0 Å². The molecule has 0 bridgehead atoms. The SMILES string of the molecule is CCOc1ncc(Cn2nnnc2C)cc1-c1cc(F)cc(OC)c1. The molecule has 2 heterocycles. The Labute approximate surface area is 144 Å². The molecular formula is C17H18FN5O2. The van der Waals surface area contributed by atoms with Crippen LogP contribution in [0.2, 0.25) is 0 Å². The Morgan fingerprint density at radius 2 is 2.04 bits per heavy atom. The third-order valence-corrected chi connectivity index (χ3v) is 3.65. The quantitative estimate of drug-likeness (QED) is 0.685. The topological polar surface area (TPSA) is 75.0 Å². The maximum Gasteiger partial charge on any atom is 0.221 e. The molecule has 0 amide bonds. The molecule has 0 atom stereocenters. The zero-order valence-electron chi connectivity index (χ0n) is 14.2. The van der Waals surface area contributed by atoms with Crippen molar-refractivity contribution in [2.45, 2.75) is 20.4 Å². The van der Waals surface area contributed by atoms with Gasteiger partial charge in [0.2, 0.25) is 5.88 Å². The summed E-state index contributed by atoms with van der Waals surface area (Å²) in [5.74, 6) is 1.17. The maximum absolute atomic E-state index is 13.9. The van der Waals surface area contributed by atoms with Gasteiger partial charge in [0.15, 0.2) is 0 Å². The van der Waals surface area contributed by atoms with Crippen LogP contribution >= 0.6 is 0 Å². The molecule has 0 N–H and O–H groups in total. The monoisotopic (exact) mass is 343 g/mol. The molecule has 0 unspecified atom stereocenters. The predicted octanol–water partition coefficient (Wildman–Crippen LogP) is 2.64. The fourth-order valence-corrected chi connectivity index (χ4v) is 2.44. The fraction of sp³-hybridized carbons (Fsp3) is 0.294. The molecule has 0 saturated heterocycles. The largest absolute Gasteiger partial charge is 0.497 e. The highest BCUT2D eigenvalue weighted by atomic mass is 19.1. The lowest BCUT2D eigenvalue weighted by atomic mass is 10.0. The van der Waals surface area contributed by atoms with Crippen LogP contribution in [0.25, 0.3) is 11.1 Å². The van der Waals surface area contributed by atoms with E-state index in [1.54, 1.807) is 16.9 Å². The van der Waals surface area contributed by atoms with E-state index in [1.165, 1.54) is 19.2 Å². The van der Waals surface area contributed by atoms with Gasteiger partial charge in [0, 0.05) is 17.8 Å². The number of benzene rings is 1. The van der Waals surface area contributed by atoms with Gasteiger partial charge in [-0.15, -0.1) is 5.10 Å². The van der Waals surface area contributed by atoms with Crippen molar-refractivity contribution in [2.24, 2.45) is 0 Å². The first kappa shape index (κ1) is 16.8. The van der Waals surface area contributed by atoms with Gasteiger partial charge in [0.1, 0.15) is 17.4 Å². The van der Waals surface area contributed by atoms with Gasteiger partial charge < -0.3 is 9.47 Å². The summed E-state index contributed by atoms with van der Waals surface area (Å²) >= 11 is 0. The molecule has 0 radical (unpaired) electrons. The minimum absolute atomic E-state index is 0.390. The van der Waals surface area contributed by atoms with E-state index in [0.29, 0.717) is 41.7 Å². The summed E-state index contributed by atoms with van der Waals surface area (Å²) in [4.78, 5) is 4.37. The Kier molecular flexibility index (Phi) is 4.87. The second-order valence-electron chi connectivity index (χ2n) is 5.39. The molecule has 7 nitrogen and oxygen atoms in total. The summed E-state index contributed by atoms with van der Waals surface area (Å²) in [7, 11) is 1.50. The lowest BCUT2D eigenvalue weighted by Crippen LogP contribution is -2.06. The third kappa shape index (κ3) is 3.73. The number of hydrogen-bond acceptors (Lipinski definition) is 6. The predicted molar refractivity (Wildman–Crippen MR) is 89.0 cm³/mol. The molecule has 130 valence electrons. The first-order valence-electron chi connectivity index (χ1n) is 7.80. The average molecular weight is 343 g/mol. The van der Waals surface area contributed by atoms with E-state index in [4.69, 9.17) is 9.47 Å². The first-order valence-corrected chi connectivity index (χ1v) is 7.80. The van der Waals surface area contributed by atoms with Gasteiger partial charge in [-0.2, -0.15) is 0 Å². The molecule has 0 saturated carbocycles. The zero-order chi connectivity index (χ0) is 17.8. The fourth-order valence-electron chi connectivity index (χ4n) is 2.44. The average Bonchev–Trinajstić information content (AvgIpc) is 3.00. The standard InChI is InChI=1S/C17H18FN5O2/c1-4-25-17-16(13-6-14(18)8-15(7-13)24-3)5-12(9-19-17)10-23-11(2)20-21-22-23/h5-9H,4,10H2,1-3H3. The van der Waals surface area contributed by atoms with E-state index < -0.39 is 5.82 Å². The molecule has 3 rings (SSSR count). The van der Waals surface area contributed by atoms with Crippen molar-refractivity contribution in [3.63, 3.8) is 0 Å². The summed E-state index contributed by atoms with van der Waals surface area (Å²) in [6.07, 6.45) is 1.70. The molecule has 0 aliphatic heterocycles. The van der Waals surface area contributed by atoms with Crippen molar-refractivity contribution < 1.29 is 13.9 Å². The van der Waals surface area contributed by atoms with E-state index in [9.17, 15) is 4.39 Å². The van der Waals surface area contributed by atoms with Gasteiger partial charge in [-0.3, -0.25) is 0 Å². The Balaban J connectivity index is 2.04. The molecule has 1 aromatic carbocycles. The molecule has 25 heavy (non-hydrogen) atoms. The van der Waals surface area contributed by atoms with Crippen molar-refractivity contribution in [2.75, 3.05) is 13.7 Å². The highest BCUT2D eigenvalue weighted by molar-refractivity contribution is 5.70. The highest BCUT2D eigenvalue weighted by Crippen LogP contribution is 2.32. The van der Waals surface area contributed by atoms with Gasteiger partial charge in [-0.25, -0.2) is 14.1 Å². The first-order chi connectivity index (χ1) is 12.1. The van der Waals surface area contributed by atoms with Gasteiger partial charge in [0.25, 0.3) is 0 Å². The number of hydrogen-bond donors (Lipinski definition) is 0. The van der Waals surface area contributed by atoms with Gasteiger partial charge in [0.05, 0.1) is 20.3 Å². The summed E-state index contributed by atoms with van der Waals surface area (Å²) < 4.78 is 26.3. The van der Waals surface area contributed by atoms with E-state index in [1.807, 2.05) is 19.9 Å². The Hall–Kier alpha value is -3.03. The van der Waals surface area contributed by atoms with Crippen molar-refractivity contribution in [1.82, 2.24) is 25.2 Å². The minimum Gasteiger partial charge on any atom is -0.497 e. The number of ether oxygens (including phenoxy) is 2. The van der Waals surface area contributed by atoms with Crippen LogP contribution in [0, 0.1) is 12.7 Å². The number of tetrazole rings is 1. The smallest absolute Gasteiger partial charge is 0.221 e. The summed E-state index contributed by atoms with van der Waals surface area (Å²) in [6.45, 7) is 4.60. The van der Waals surface area contributed by atoms with Crippen molar-refractivity contribution in [1.29, 1.82) is 0 Å². The van der Waals surface area contributed by atoms with Crippen molar-refractivity contribution >= 4 is 0 Å². The molecule has 2 aromatic heterocycles. The van der Waals surface area contributed by atoms with Crippen LogP contribution in [0.5, 0.6) is 11.6 Å². The molecule has 3 aromatic rings. The zero-order valence-corrected chi connectivity index (χ0v) is 14.2. The summed E-state index contributed by atoms with van der Waals surface area (Å²) in [5, 5.41) is 11.4. The third-order valence-electron chi connectivity index (χ3n) is 3.65. The van der Waals surface area contributed by atoms with Crippen LogP contribution in [0.3, 0.4) is 0 Å². The summed E-state index contributed by atoms with van der Waals surface area (Å²) in [5.41, 5.74) is 2.18. The molecule has 0 spiro atoms. The van der Waals surface area contributed by atoms with Crippen LogP contribution in [-0.4, -0.2) is 38.9 Å². The molecule has 8 heteroatoms. The van der Waals surface area contributed by atoms with Crippen molar-refractivity contribution in [3.8, 4) is 22.8 Å². The van der Waals surface area contributed by atoms with Crippen LogP contribution in [-0.2, 0) is 6.54 Å². The number of aromatic nitrogens is 5. The highest BCUT2D eigenvalue weighted by Gasteiger charge is 2.13. The number of pyridine rings is 1. The summed E-state index contributed by atoms with van der Waals surface area (Å²) in [6, 6.07) is 6.39. The lowest BCUT2D eigenvalue weighted by molar-refractivity contribution is 0.328. The van der Waals surface area contributed by atoms with Gasteiger partial charge in [-0.05, 0) is 53.6 Å². The lowest BCUT2D eigenvalue weighted by Gasteiger charge is -2.12. The Morgan fingerprint density at radius 1 is 1.20 bits per heavy atom. The van der Waals surface area contributed by atoms with E-state index in [-0.39, 0.29) is 0 Å². The van der Waals surface area contributed by atoms with E-state index in [0.717, 1.165) is 5.56 Å². The molecule has 0 aliphatic rings. The number of methoxy groups -OCH3 is 1. The minimum atomic E-state index is -0.390. The normalized spacial score (nSPS) is 10.7. The Morgan fingerprint density at radius 3 is 2.72 bits per heavy atom. The van der Waals surface area contributed by atoms with E-state index >= 15 is 0 Å². The second-order valence-corrected chi connectivity index (χ2v) is 5.39. The van der Waals surface area contributed by atoms with Crippen LogP contribution in [0.1, 0.15) is 18.3 Å². The molecule has 0 aliphatic carbocycles. The van der Waals surface area contributed by atoms with Crippen molar-refractivity contribution in [3.05, 3.63) is 47.7 Å². The maximum atomic E-state index is 13.9. The number of aryl methyl sites for hydroxylation is 1. The van der Waals surface area contributed by atoms with Crippen LogP contribution in [0.4, 0.5) is 4.39 Å². The van der Waals surface area contributed by atoms with Crippen LogP contribution < -0.4 is 9.47 Å². The number of nitrogens with zero attached hydrogens (tertiary/aromatic N) is 5. The Bertz CT molecular complexity index is 881.